The van der Waals surface area contributed by atoms with Crippen LogP contribution in [0.25, 0.3) is 0 Å². The molecule has 1 aliphatic rings. The van der Waals surface area contributed by atoms with Gasteiger partial charge >= 0.3 is 0 Å². The normalized spacial score (nSPS) is 16.6. The van der Waals surface area contributed by atoms with E-state index in [9.17, 15) is 4.79 Å². The van der Waals surface area contributed by atoms with E-state index >= 15 is 0 Å². The Morgan fingerprint density at radius 2 is 1.89 bits per heavy atom. The summed E-state index contributed by atoms with van der Waals surface area (Å²) < 4.78 is 5.63. The second-order valence-corrected chi connectivity index (χ2v) is 5.62. The molecule has 1 fully saturated rings. The van der Waals surface area contributed by atoms with Crippen LogP contribution in [0.5, 0.6) is 5.75 Å². The number of carbonyl (C=O) groups excluding carboxylic acids is 1. The molecular formula is C16H23NO2. The Hall–Kier alpha value is -1.35. The first kappa shape index (κ1) is 14.1. The van der Waals surface area contributed by atoms with E-state index in [2.05, 4.69) is 19.2 Å². The maximum Gasteiger partial charge on any atom is 0.166 e. The highest BCUT2D eigenvalue weighted by Gasteiger charge is 2.21. The summed E-state index contributed by atoms with van der Waals surface area (Å²) in [7, 11) is 0. The van der Waals surface area contributed by atoms with Crippen LogP contribution >= 0.6 is 0 Å². The van der Waals surface area contributed by atoms with Crippen molar-refractivity contribution in [3.63, 3.8) is 0 Å². The van der Waals surface area contributed by atoms with Crippen LogP contribution in [-0.4, -0.2) is 25.5 Å². The Morgan fingerprint density at radius 1 is 1.26 bits per heavy atom. The van der Waals surface area contributed by atoms with E-state index in [1.165, 1.54) is 0 Å². The average Bonchev–Trinajstić information content (AvgIpc) is 2.46. The lowest BCUT2D eigenvalue weighted by Gasteiger charge is -2.21. The first-order chi connectivity index (χ1) is 9.16. The van der Waals surface area contributed by atoms with E-state index in [0.29, 0.717) is 12.5 Å². The van der Waals surface area contributed by atoms with Crippen LogP contribution in [0.3, 0.4) is 0 Å². The lowest BCUT2D eigenvalue weighted by atomic mass is 9.90. The van der Waals surface area contributed by atoms with Gasteiger partial charge in [-0.3, -0.25) is 4.79 Å². The van der Waals surface area contributed by atoms with Crippen LogP contribution < -0.4 is 10.1 Å². The fraction of sp³-hybridized carbons (Fsp3) is 0.562. The average molecular weight is 261 g/mol. The Labute approximate surface area is 115 Å². The molecule has 2 rings (SSSR count). The maximum absolute atomic E-state index is 12.3. The molecule has 1 aliphatic heterocycles. The Kier molecular flexibility index (Phi) is 4.97. The summed E-state index contributed by atoms with van der Waals surface area (Å²) in [6, 6.07) is 7.58. The van der Waals surface area contributed by atoms with Gasteiger partial charge in [0.2, 0.25) is 0 Å². The molecule has 3 nitrogen and oxygen atoms in total. The van der Waals surface area contributed by atoms with Crippen molar-refractivity contribution in [2.45, 2.75) is 26.7 Å². The number of ether oxygens (including phenoxy) is 1. The van der Waals surface area contributed by atoms with Gasteiger partial charge in [-0.25, -0.2) is 0 Å². The van der Waals surface area contributed by atoms with Crippen molar-refractivity contribution in [2.75, 3.05) is 19.7 Å². The highest BCUT2D eigenvalue weighted by Crippen LogP contribution is 2.20. The van der Waals surface area contributed by atoms with E-state index in [4.69, 9.17) is 4.74 Å². The molecule has 1 saturated heterocycles. The van der Waals surface area contributed by atoms with Crippen LogP contribution in [0.4, 0.5) is 0 Å². The Balaban J connectivity index is 1.95. The monoisotopic (exact) mass is 261 g/mol. The lowest BCUT2D eigenvalue weighted by molar-refractivity contribution is 0.0895. The summed E-state index contributed by atoms with van der Waals surface area (Å²) in [6.07, 6.45) is 1.90. The van der Waals surface area contributed by atoms with Gasteiger partial charge in [-0.15, -0.1) is 0 Å². The lowest BCUT2D eigenvalue weighted by Crippen LogP contribution is -2.31. The molecule has 1 aromatic carbocycles. The van der Waals surface area contributed by atoms with E-state index < -0.39 is 0 Å². The predicted molar refractivity (Wildman–Crippen MR) is 76.7 cm³/mol. The fourth-order valence-corrected chi connectivity index (χ4v) is 2.30. The van der Waals surface area contributed by atoms with Gasteiger partial charge in [-0.1, -0.05) is 13.8 Å². The maximum atomic E-state index is 12.3. The van der Waals surface area contributed by atoms with E-state index in [0.717, 1.165) is 37.2 Å². The van der Waals surface area contributed by atoms with Crippen LogP contribution in [-0.2, 0) is 0 Å². The molecule has 0 saturated carbocycles. The number of hydrogen-bond donors (Lipinski definition) is 1. The molecule has 104 valence electrons. The number of rotatable bonds is 5. The third-order valence-corrected chi connectivity index (χ3v) is 3.43. The number of piperidine rings is 1. The van der Waals surface area contributed by atoms with Crippen LogP contribution in [0, 0.1) is 11.8 Å². The summed E-state index contributed by atoms with van der Waals surface area (Å²) in [4.78, 5) is 12.3. The van der Waals surface area contributed by atoms with Gasteiger partial charge in [0.25, 0.3) is 0 Å². The molecule has 0 aliphatic carbocycles. The van der Waals surface area contributed by atoms with Gasteiger partial charge in [0, 0.05) is 11.5 Å². The van der Waals surface area contributed by atoms with E-state index in [1.54, 1.807) is 0 Å². The number of ketones is 1. The summed E-state index contributed by atoms with van der Waals surface area (Å²) in [5.41, 5.74) is 0.809. The summed E-state index contributed by atoms with van der Waals surface area (Å²) in [5.74, 6) is 1.81. The topological polar surface area (TPSA) is 38.3 Å². The molecule has 0 amide bonds. The first-order valence-corrected chi connectivity index (χ1v) is 7.14. The largest absolute Gasteiger partial charge is 0.493 e. The summed E-state index contributed by atoms with van der Waals surface area (Å²) >= 11 is 0. The third-order valence-electron chi connectivity index (χ3n) is 3.43. The first-order valence-electron chi connectivity index (χ1n) is 7.14. The zero-order chi connectivity index (χ0) is 13.7. The summed E-state index contributed by atoms with van der Waals surface area (Å²) in [5, 5.41) is 3.29. The van der Waals surface area contributed by atoms with Crippen molar-refractivity contribution in [1.82, 2.24) is 5.32 Å². The molecule has 0 spiro atoms. The molecular weight excluding hydrogens is 238 g/mol. The standard InChI is InChI=1S/C16H23NO2/c1-12(2)11-19-15-5-3-13(4-6-15)16(18)14-7-9-17-10-8-14/h3-6,12,14,17H,7-11H2,1-2H3. The SMILES string of the molecule is CC(C)COc1ccc(C(=O)C2CCNCC2)cc1. The molecule has 1 N–H and O–H groups in total. The van der Waals surface area contributed by atoms with Crippen molar-refractivity contribution < 1.29 is 9.53 Å². The number of nitrogens with one attached hydrogen (secondary N) is 1. The van der Waals surface area contributed by atoms with E-state index in [1.807, 2.05) is 24.3 Å². The number of Topliss-reactive ketones (excluding diaryl/α,β-unsaturated/α-hetero) is 1. The highest BCUT2D eigenvalue weighted by molar-refractivity contribution is 5.98. The zero-order valence-corrected chi connectivity index (χ0v) is 11.8. The number of benzene rings is 1. The van der Waals surface area contributed by atoms with Crippen LogP contribution in [0.1, 0.15) is 37.0 Å². The van der Waals surface area contributed by atoms with Crippen molar-refractivity contribution in [2.24, 2.45) is 11.8 Å². The smallest absolute Gasteiger partial charge is 0.166 e. The Bertz CT molecular complexity index is 405. The zero-order valence-electron chi connectivity index (χ0n) is 11.8. The minimum Gasteiger partial charge on any atom is -0.493 e. The van der Waals surface area contributed by atoms with Gasteiger partial charge in [0.05, 0.1) is 6.61 Å². The molecule has 0 radical (unpaired) electrons. The molecule has 0 unspecified atom stereocenters. The number of hydrogen-bond acceptors (Lipinski definition) is 3. The third kappa shape index (κ3) is 4.06. The second kappa shape index (κ2) is 6.71. The predicted octanol–water partition coefficient (Wildman–Crippen LogP) is 2.90. The van der Waals surface area contributed by atoms with Crippen molar-refractivity contribution >= 4 is 5.78 Å². The van der Waals surface area contributed by atoms with E-state index in [-0.39, 0.29) is 11.7 Å². The molecule has 1 heterocycles. The van der Waals surface area contributed by atoms with Gasteiger partial charge in [0.15, 0.2) is 5.78 Å². The second-order valence-electron chi connectivity index (χ2n) is 5.62. The number of carbonyl (C=O) groups is 1. The van der Waals surface area contributed by atoms with Crippen molar-refractivity contribution in [3.05, 3.63) is 29.8 Å². The quantitative estimate of drug-likeness (QED) is 0.828. The molecule has 0 aromatic heterocycles. The van der Waals surface area contributed by atoms with Crippen molar-refractivity contribution in [3.8, 4) is 5.75 Å². The molecule has 19 heavy (non-hydrogen) atoms. The van der Waals surface area contributed by atoms with Crippen LogP contribution in [0.15, 0.2) is 24.3 Å². The fourth-order valence-electron chi connectivity index (χ4n) is 2.30. The van der Waals surface area contributed by atoms with Gasteiger partial charge in [0.1, 0.15) is 5.75 Å². The van der Waals surface area contributed by atoms with Crippen LogP contribution in [0.2, 0.25) is 0 Å². The van der Waals surface area contributed by atoms with Crippen molar-refractivity contribution in [1.29, 1.82) is 0 Å². The minimum absolute atomic E-state index is 0.184. The molecule has 0 bridgehead atoms. The minimum atomic E-state index is 0.184. The van der Waals surface area contributed by atoms with Gasteiger partial charge in [-0.05, 0) is 56.1 Å². The van der Waals surface area contributed by atoms with Gasteiger partial charge in [-0.2, -0.15) is 0 Å². The molecule has 3 heteroatoms. The molecule has 0 atom stereocenters. The molecule has 1 aromatic rings. The highest BCUT2D eigenvalue weighted by atomic mass is 16.5. The summed E-state index contributed by atoms with van der Waals surface area (Å²) in [6.45, 7) is 6.85. The Morgan fingerprint density at radius 3 is 2.47 bits per heavy atom. The van der Waals surface area contributed by atoms with Gasteiger partial charge < -0.3 is 10.1 Å².